The minimum atomic E-state index is 0.219. The Morgan fingerprint density at radius 2 is 2.05 bits per heavy atom. The Morgan fingerprint density at radius 1 is 1.25 bits per heavy atom. The van der Waals surface area contributed by atoms with Crippen molar-refractivity contribution in [1.82, 2.24) is 15.0 Å². The topological polar surface area (TPSA) is 82.2 Å². The van der Waals surface area contributed by atoms with E-state index in [2.05, 4.69) is 10.3 Å². The zero-order valence-electron chi connectivity index (χ0n) is 11.5. The molecule has 0 unspecified atom stereocenters. The maximum atomic E-state index is 9.06. The standard InChI is InChI=1S/C13H14N4O3/c1-18-8-12-10(7-14)15-16-17(12)11-6-9(19-2)4-5-13(11)20-3/h4-6H,8H2,1-3H3. The lowest BCUT2D eigenvalue weighted by Crippen LogP contribution is -2.06. The molecule has 20 heavy (non-hydrogen) atoms. The lowest BCUT2D eigenvalue weighted by molar-refractivity contribution is 0.179. The first-order valence-electron chi connectivity index (χ1n) is 5.81. The lowest BCUT2D eigenvalue weighted by atomic mass is 10.2. The van der Waals surface area contributed by atoms with Gasteiger partial charge in [0.05, 0.1) is 20.8 Å². The van der Waals surface area contributed by atoms with E-state index in [1.165, 1.54) is 4.68 Å². The number of hydrogen-bond acceptors (Lipinski definition) is 6. The lowest BCUT2D eigenvalue weighted by Gasteiger charge is -2.12. The second kappa shape index (κ2) is 6.04. The molecule has 7 heteroatoms. The van der Waals surface area contributed by atoms with Gasteiger partial charge in [0.25, 0.3) is 0 Å². The van der Waals surface area contributed by atoms with E-state index in [1.807, 2.05) is 6.07 Å². The van der Waals surface area contributed by atoms with Crippen molar-refractivity contribution < 1.29 is 14.2 Å². The normalized spacial score (nSPS) is 10.1. The highest BCUT2D eigenvalue weighted by atomic mass is 16.5. The molecule has 0 fully saturated rings. The molecule has 0 bridgehead atoms. The SMILES string of the molecule is COCc1c(C#N)nnn1-c1cc(OC)ccc1OC. The van der Waals surface area contributed by atoms with Gasteiger partial charge in [-0.15, -0.1) is 5.10 Å². The van der Waals surface area contributed by atoms with Crippen molar-refractivity contribution in [3.05, 3.63) is 29.6 Å². The van der Waals surface area contributed by atoms with Gasteiger partial charge in [0.15, 0.2) is 5.69 Å². The van der Waals surface area contributed by atoms with Gasteiger partial charge < -0.3 is 14.2 Å². The Kier molecular flexibility index (Phi) is 4.17. The number of hydrogen-bond donors (Lipinski definition) is 0. The van der Waals surface area contributed by atoms with Crippen LogP contribution in [0.4, 0.5) is 0 Å². The largest absolute Gasteiger partial charge is 0.497 e. The number of benzene rings is 1. The highest BCUT2D eigenvalue weighted by Gasteiger charge is 2.17. The first-order chi connectivity index (χ1) is 9.74. The van der Waals surface area contributed by atoms with Gasteiger partial charge in [-0.1, -0.05) is 5.21 Å². The predicted molar refractivity (Wildman–Crippen MR) is 69.9 cm³/mol. The molecule has 0 aliphatic heterocycles. The molecule has 1 aromatic heterocycles. The predicted octanol–water partition coefficient (Wildman–Crippen LogP) is 1.30. The summed E-state index contributed by atoms with van der Waals surface area (Å²) in [5.74, 6) is 1.25. The number of rotatable bonds is 5. The average Bonchev–Trinajstić information content (AvgIpc) is 2.89. The number of ether oxygens (including phenoxy) is 3. The third-order valence-corrected chi connectivity index (χ3v) is 2.76. The van der Waals surface area contributed by atoms with Crippen LogP contribution in [0.1, 0.15) is 11.4 Å². The van der Waals surface area contributed by atoms with Gasteiger partial charge in [-0.3, -0.25) is 0 Å². The molecule has 2 rings (SSSR count). The Labute approximate surface area is 116 Å². The van der Waals surface area contributed by atoms with E-state index in [9.17, 15) is 0 Å². The van der Waals surface area contributed by atoms with Gasteiger partial charge >= 0.3 is 0 Å². The van der Waals surface area contributed by atoms with Crippen molar-refractivity contribution >= 4 is 0 Å². The van der Waals surface area contributed by atoms with Crippen LogP contribution in [0.2, 0.25) is 0 Å². The maximum Gasteiger partial charge on any atom is 0.188 e. The quantitative estimate of drug-likeness (QED) is 0.817. The number of aromatic nitrogens is 3. The molecule has 0 saturated heterocycles. The van der Waals surface area contributed by atoms with Crippen molar-refractivity contribution in [2.75, 3.05) is 21.3 Å². The van der Waals surface area contributed by atoms with Gasteiger partial charge in [-0.25, -0.2) is 4.68 Å². The highest BCUT2D eigenvalue weighted by molar-refractivity contribution is 5.52. The summed E-state index contributed by atoms with van der Waals surface area (Å²) >= 11 is 0. The molecule has 7 nitrogen and oxygen atoms in total. The smallest absolute Gasteiger partial charge is 0.188 e. The maximum absolute atomic E-state index is 9.06. The molecule has 0 radical (unpaired) electrons. The second-order valence-corrected chi connectivity index (χ2v) is 3.88. The molecule has 1 aromatic carbocycles. The van der Waals surface area contributed by atoms with Crippen LogP contribution in [-0.4, -0.2) is 36.3 Å². The molecular formula is C13H14N4O3. The molecule has 2 aromatic rings. The molecule has 0 N–H and O–H groups in total. The minimum Gasteiger partial charge on any atom is -0.497 e. The van der Waals surface area contributed by atoms with E-state index in [-0.39, 0.29) is 12.3 Å². The van der Waals surface area contributed by atoms with Crippen molar-refractivity contribution in [2.45, 2.75) is 6.61 Å². The fraction of sp³-hybridized carbons (Fsp3) is 0.308. The van der Waals surface area contributed by atoms with Crippen LogP contribution >= 0.6 is 0 Å². The Morgan fingerprint density at radius 3 is 2.65 bits per heavy atom. The molecule has 0 aliphatic rings. The van der Waals surface area contributed by atoms with E-state index in [0.29, 0.717) is 22.9 Å². The first-order valence-corrected chi connectivity index (χ1v) is 5.81. The molecular weight excluding hydrogens is 260 g/mol. The van der Waals surface area contributed by atoms with Gasteiger partial charge in [0, 0.05) is 13.2 Å². The van der Waals surface area contributed by atoms with Crippen LogP contribution in [0.25, 0.3) is 5.69 Å². The zero-order chi connectivity index (χ0) is 14.5. The van der Waals surface area contributed by atoms with Crippen LogP contribution in [0.3, 0.4) is 0 Å². The van der Waals surface area contributed by atoms with Crippen LogP contribution in [-0.2, 0) is 11.3 Å². The molecule has 104 valence electrons. The number of nitrogens with zero attached hydrogens (tertiary/aromatic N) is 4. The fourth-order valence-electron chi connectivity index (χ4n) is 1.81. The van der Waals surface area contributed by atoms with Crippen LogP contribution < -0.4 is 9.47 Å². The summed E-state index contributed by atoms with van der Waals surface area (Å²) in [6.07, 6.45) is 0. The fourth-order valence-corrected chi connectivity index (χ4v) is 1.81. The highest BCUT2D eigenvalue weighted by Crippen LogP contribution is 2.28. The second-order valence-electron chi connectivity index (χ2n) is 3.88. The average molecular weight is 274 g/mol. The molecule has 0 spiro atoms. The number of nitriles is 1. The van der Waals surface area contributed by atoms with Crippen molar-refractivity contribution in [1.29, 1.82) is 5.26 Å². The number of methoxy groups -OCH3 is 3. The summed E-state index contributed by atoms with van der Waals surface area (Å²) in [5.41, 5.74) is 1.41. The third-order valence-electron chi connectivity index (χ3n) is 2.76. The Balaban J connectivity index is 2.61. The summed E-state index contributed by atoms with van der Waals surface area (Å²) in [6, 6.07) is 7.29. The van der Waals surface area contributed by atoms with Gasteiger partial charge in [0.2, 0.25) is 0 Å². The molecule has 0 aliphatic carbocycles. The molecule has 0 saturated carbocycles. The summed E-state index contributed by atoms with van der Waals surface area (Å²) in [6.45, 7) is 0.219. The third kappa shape index (κ3) is 2.41. The van der Waals surface area contributed by atoms with E-state index in [4.69, 9.17) is 19.5 Å². The van der Waals surface area contributed by atoms with Crippen LogP contribution in [0, 0.1) is 11.3 Å². The van der Waals surface area contributed by atoms with Crippen LogP contribution in [0.15, 0.2) is 18.2 Å². The van der Waals surface area contributed by atoms with E-state index >= 15 is 0 Å². The molecule has 0 amide bonds. The van der Waals surface area contributed by atoms with Gasteiger partial charge in [-0.2, -0.15) is 5.26 Å². The summed E-state index contributed by atoms with van der Waals surface area (Å²) < 4.78 is 17.1. The van der Waals surface area contributed by atoms with Crippen LogP contribution in [0.5, 0.6) is 11.5 Å². The van der Waals surface area contributed by atoms with Crippen molar-refractivity contribution in [3.63, 3.8) is 0 Å². The first kappa shape index (κ1) is 13.8. The van der Waals surface area contributed by atoms with Crippen molar-refractivity contribution in [3.8, 4) is 23.3 Å². The Bertz CT molecular complexity index is 646. The Hall–Kier alpha value is -2.59. The molecule has 0 atom stereocenters. The van der Waals surface area contributed by atoms with E-state index in [1.54, 1.807) is 39.5 Å². The minimum absolute atomic E-state index is 0.219. The van der Waals surface area contributed by atoms with Crippen molar-refractivity contribution in [2.24, 2.45) is 0 Å². The van der Waals surface area contributed by atoms with E-state index in [0.717, 1.165) is 0 Å². The summed E-state index contributed by atoms with van der Waals surface area (Å²) in [4.78, 5) is 0. The van der Waals surface area contributed by atoms with Gasteiger partial charge in [0.1, 0.15) is 28.9 Å². The summed E-state index contributed by atoms with van der Waals surface area (Å²) in [7, 11) is 4.68. The monoisotopic (exact) mass is 274 g/mol. The summed E-state index contributed by atoms with van der Waals surface area (Å²) in [5, 5.41) is 16.9. The van der Waals surface area contributed by atoms with E-state index < -0.39 is 0 Å². The molecule has 1 heterocycles. The van der Waals surface area contributed by atoms with Gasteiger partial charge in [-0.05, 0) is 12.1 Å². The zero-order valence-corrected chi connectivity index (χ0v) is 11.5.